The van der Waals surface area contributed by atoms with Crippen LogP contribution in [-0.2, 0) is 9.53 Å². The van der Waals surface area contributed by atoms with Crippen LogP contribution >= 0.6 is 15.9 Å². The summed E-state index contributed by atoms with van der Waals surface area (Å²) >= 11 is 3.55. The van der Waals surface area contributed by atoms with Crippen molar-refractivity contribution >= 4 is 21.9 Å². The molecule has 2 aromatic carbocycles. The molecule has 1 fully saturated rings. The molecule has 1 saturated heterocycles. The molecule has 2 aromatic rings. The molecule has 30 heavy (non-hydrogen) atoms. The van der Waals surface area contributed by atoms with Gasteiger partial charge in [-0.3, -0.25) is 0 Å². The van der Waals surface area contributed by atoms with Gasteiger partial charge in [0.1, 0.15) is 5.75 Å². The number of ether oxygens (including phenoxy) is 2. The molecule has 3 rings (SSSR count). The Balaban J connectivity index is 1.98. The van der Waals surface area contributed by atoms with Crippen LogP contribution in [0, 0.1) is 19.8 Å². The average Bonchev–Trinajstić information content (AvgIpc) is 2.67. The molecule has 4 atom stereocenters. The summed E-state index contributed by atoms with van der Waals surface area (Å²) in [6.07, 6.45) is 0.660. The monoisotopic (exact) mass is 472 g/mol. The number of halogens is 1. The molecule has 1 aliphatic heterocycles. The SMILES string of the molecule is C=C(C)[C@H]1C[C@H](c2ccc(C)cc2)[C@H](C)O[C@@H]1c1cc(C)cc(Br)c1OCC(=O)O. The molecule has 5 heteroatoms. The van der Waals surface area contributed by atoms with Crippen molar-refractivity contribution < 1.29 is 19.4 Å². The van der Waals surface area contributed by atoms with E-state index in [0.717, 1.165) is 27.6 Å². The van der Waals surface area contributed by atoms with Crippen LogP contribution in [0.15, 0.2) is 53.0 Å². The van der Waals surface area contributed by atoms with E-state index in [1.54, 1.807) is 0 Å². The molecular formula is C25H29BrO4. The minimum absolute atomic E-state index is 0.0000763. The second kappa shape index (κ2) is 9.36. The first kappa shape index (κ1) is 22.6. The second-order valence-corrected chi connectivity index (χ2v) is 9.17. The van der Waals surface area contributed by atoms with Gasteiger partial charge in [0, 0.05) is 17.4 Å². The van der Waals surface area contributed by atoms with E-state index < -0.39 is 12.6 Å². The molecule has 0 amide bonds. The zero-order valence-electron chi connectivity index (χ0n) is 17.9. The highest BCUT2D eigenvalue weighted by molar-refractivity contribution is 9.10. The molecule has 160 valence electrons. The number of aryl methyl sites for hydroxylation is 2. The topological polar surface area (TPSA) is 55.8 Å². The van der Waals surface area contributed by atoms with Gasteiger partial charge < -0.3 is 14.6 Å². The molecule has 0 aliphatic carbocycles. The van der Waals surface area contributed by atoms with Gasteiger partial charge >= 0.3 is 5.97 Å². The average molecular weight is 473 g/mol. The first-order chi connectivity index (χ1) is 14.2. The third-order valence-corrected chi connectivity index (χ3v) is 6.39. The van der Waals surface area contributed by atoms with E-state index in [1.807, 2.05) is 26.0 Å². The summed E-state index contributed by atoms with van der Waals surface area (Å²) in [6.45, 7) is 12.1. The summed E-state index contributed by atoms with van der Waals surface area (Å²) in [5, 5.41) is 9.10. The summed E-state index contributed by atoms with van der Waals surface area (Å²) in [7, 11) is 0. The van der Waals surface area contributed by atoms with Gasteiger partial charge in [0.05, 0.1) is 16.7 Å². The number of hydrogen-bond donors (Lipinski definition) is 1. The fourth-order valence-corrected chi connectivity index (χ4v) is 4.94. The number of carbonyl (C=O) groups is 1. The smallest absolute Gasteiger partial charge is 0.341 e. The van der Waals surface area contributed by atoms with Crippen LogP contribution in [0.1, 0.15) is 54.5 Å². The second-order valence-electron chi connectivity index (χ2n) is 8.32. The predicted molar refractivity (Wildman–Crippen MR) is 122 cm³/mol. The van der Waals surface area contributed by atoms with Crippen molar-refractivity contribution in [2.45, 2.75) is 52.2 Å². The number of rotatable bonds is 6. The molecule has 0 bridgehead atoms. The van der Waals surface area contributed by atoms with Gasteiger partial charge in [-0.1, -0.05) is 42.0 Å². The summed E-state index contributed by atoms with van der Waals surface area (Å²) in [6, 6.07) is 12.6. The number of benzene rings is 2. The minimum Gasteiger partial charge on any atom is -0.480 e. The summed E-state index contributed by atoms with van der Waals surface area (Å²) < 4.78 is 13.0. The van der Waals surface area contributed by atoms with Crippen molar-refractivity contribution in [1.82, 2.24) is 0 Å². The van der Waals surface area contributed by atoms with Crippen LogP contribution < -0.4 is 4.74 Å². The molecule has 1 N–H and O–H groups in total. The zero-order chi connectivity index (χ0) is 22.0. The highest BCUT2D eigenvalue weighted by atomic mass is 79.9. The number of aliphatic carboxylic acids is 1. The number of hydrogen-bond acceptors (Lipinski definition) is 3. The van der Waals surface area contributed by atoms with E-state index in [4.69, 9.17) is 14.6 Å². The van der Waals surface area contributed by atoms with Crippen molar-refractivity contribution in [2.75, 3.05) is 6.61 Å². The van der Waals surface area contributed by atoms with Gasteiger partial charge in [-0.15, -0.1) is 0 Å². The molecule has 0 radical (unpaired) electrons. The maximum atomic E-state index is 11.1. The molecular weight excluding hydrogens is 444 g/mol. The number of carboxylic acids is 1. The molecule has 0 spiro atoms. The van der Waals surface area contributed by atoms with Gasteiger partial charge in [-0.2, -0.15) is 0 Å². The van der Waals surface area contributed by atoms with E-state index in [1.165, 1.54) is 11.1 Å². The van der Waals surface area contributed by atoms with Crippen LogP contribution in [-0.4, -0.2) is 23.8 Å². The largest absolute Gasteiger partial charge is 0.480 e. The standard InChI is InChI=1S/C25H29BrO4/c1-14(2)19-12-20(18-8-6-15(3)7-9-18)17(5)30-24(19)21-10-16(4)11-22(26)25(21)29-13-23(27)28/h6-11,17,19-20,24H,1,12-13H2,2-5H3,(H,27,28)/t17-,19+,20-,24-/m0/s1. The van der Waals surface area contributed by atoms with Gasteiger partial charge in [-0.05, 0) is 73.3 Å². The molecule has 1 heterocycles. The Morgan fingerprint density at radius 2 is 1.90 bits per heavy atom. The van der Waals surface area contributed by atoms with Crippen LogP contribution in [0.25, 0.3) is 0 Å². The van der Waals surface area contributed by atoms with Gasteiger partial charge in [0.15, 0.2) is 6.61 Å². The third-order valence-electron chi connectivity index (χ3n) is 5.80. The first-order valence-corrected chi connectivity index (χ1v) is 11.0. The highest BCUT2D eigenvalue weighted by Gasteiger charge is 2.39. The lowest BCUT2D eigenvalue weighted by Crippen LogP contribution is -2.34. The number of carboxylic acid groups (broad SMARTS) is 1. The molecule has 0 unspecified atom stereocenters. The van der Waals surface area contributed by atoms with Crippen LogP contribution in [0.4, 0.5) is 0 Å². The zero-order valence-corrected chi connectivity index (χ0v) is 19.5. The third kappa shape index (κ3) is 4.96. The van der Waals surface area contributed by atoms with E-state index >= 15 is 0 Å². The predicted octanol–water partition coefficient (Wildman–Crippen LogP) is 6.36. The van der Waals surface area contributed by atoms with Crippen molar-refractivity contribution in [1.29, 1.82) is 0 Å². The minimum atomic E-state index is -1.01. The van der Waals surface area contributed by atoms with Gasteiger partial charge in [-0.25, -0.2) is 4.79 Å². The lowest BCUT2D eigenvalue weighted by molar-refractivity contribution is -0.139. The Labute approximate surface area is 187 Å². The van der Waals surface area contributed by atoms with Crippen LogP contribution in [0.2, 0.25) is 0 Å². The van der Waals surface area contributed by atoms with Crippen LogP contribution in [0.5, 0.6) is 5.75 Å². The van der Waals surface area contributed by atoms with Crippen molar-refractivity contribution in [2.24, 2.45) is 5.92 Å². The van der Waals surface area contributed by atoms with Crippen LogP contribution in [0.3, 0.4) is 0 Å². The Kier molecular flexibility index (Phi) is 7.04. The highest BCUT2D eigenvalue weighted by Crippen LogP contribution is 2.49. The normalized spacial score (nSPS) is 23.8. The van der Waals surface area contributed by atoms with Crippen molar-refractivity contribution in [3.63, 3.8) is 0 Å². The molecule has 0 aromatic heterocycles. The van der Waals surface area contributed by atoms with E-state index in [-0.39, 0.29) is 24.0 Å². The summed E-state index contributed by atoms with van der Waals surface area (Å²) in [5.41, 5.74) is 5.47. The quantitative estimate of drug-likeness (QED) is 0.497. The van der Waals surface area contributed by atoms with Gasteiger partial charge in [0.25, 0.3) is 0 Å². The first-order valence-electron chi connectivity index (χ1n) is 10.2. The van der Waals surface area contributed by atoms with Crippen molar-refractivity contribution in [3.05, 3.63) is 75.3 Å². The lowest BCUT2D eigenvalue weighted by Gasteiger charge is -2.42. The van der Waals surface area contributed by atoms with Crippen molar-refractivity contribution in [3.8, 4) is 5.75 Å². The van der Waals surface area contributed by atoms with Gasteiger partial charge in [0.2, 0.25) is 0 Å². The Morgan fingerprint density at radius 3 is 2.50 bits per heavy atom. The lowest BCUT2D eigenvalue weighted by atomic mass is 9.75. The molecule has 4 nitrogen and oxygen atoms in total. The Bertz CT molecular complexity index is 935. The van der Waals surface area contributed by atoms with E-state index in [9.17, 15) is 4.79 Å². The van der Waals surface area contributed by atoms with E-state index in [2.05, 4.69) is 60.6 Å². The fourth-order valence-electron chi connectivity index (χ4n) is 4.23. The summed E-state index contributed by atoms with van der Waals surface area (Å²) in [4.78, 5) is 11.1. The summed E-state index contributed by atoms with van der Waals surface area (Å²) in [5.74, 6) is -0.129. The molecule has 0 saturated carbocycles. The Hall–Kier alpha value is -2.11. The molecule has 1 aliphatic rings. The maximum absolute atomic E-state index is 11.1. The Morgan fingerprint density at radius 1 is 1.23 bits per heavy atom. The van der Waals surface area contributed by atoms with E-state index in [0.29, 0.717) is 5.75 Å². The fraction of sp³-hybridized carbons (Fsp3) is 0.400. The maximum Gasteiger partial charge on any atom is 0.341 e.